The van der Waals surface area contributed by atoms with Gasteiger partial charge in [0.25, 0.3) is 5.91 Å². The molecule has 1 aromatic heterocycles. The van der Waals surface area contributed by atoms with Crippen molar-refractivity contribution in [3.63, 3.8) is 0 Å². The molecule has 2 heterocycles. The third kappa shape index (κ3) is 6.32. The Hall–Kier alpha value is -3.36. The van der Waals surface area contributed by atoms with Crippen molar-refractivity contribution in [2.24, 2.45) is 0 Å². The fraction of sp³-hybridized carbons (Fsp3) is 0.393. The van der Waals surface area contributed by atoms with Gasteiger partial charge in [0.15, 0.2) is 0 Å². The first-order valence-electron chi connectivity index (χ1n) is 12.6. The van der Waals surface area contributed by atoms with Crippen molar-refractivity contribution in [1.82, 2.24) is 14.8 Å². The summed E-state index contributed by atoms with van der Waals surface area (Å²) < 4.78 is 11.5. The first kappa shape index (κ1) is 26.7. The monoisotopic (exact) mass is 524 g/mol. The second-order valence-electron chi connectivity index (χ2n) is 9.17. The van der Waals surface area contributed by atoms with E-state index in [1.165, 1.54) is 0 Å². The van der Waals surface area contributed by atoms with Crippen LogP contribution in [0.25, 0.3) is 10.9 Å². The molecule has 9 heteroatoms. The number of para-hydroxylation sites is 1. The van der Waals surface area contributed by atoms with Gasteiger partial charge in [-0.3, -0.25) is 4.79 Å². The molecule has 1 fully saturated rings. The minimum absolute atomic E-state index is 0.0357. The minimum atomic E-state index is -0.460. The lowest BCUT2D eigenvalue weighted by molar-refractivity contribution is 0.0520. The van der Waals surface area contributed by atoms with Gasteiger partial charge >= 0.3 is 5.97 Å². The number of benzene rings is 2. The van der Waals surface area contributed by atoms with Crippen molar-refractivity contribution in [3.05, 3.63) is 64.7 Å². The zero-order valence-electron chi connectivity index (χ0n) is 21.6. The van der Waals surface area contributed by atoms with E-state index in [1.807, 2.05) is 43.3 Å². The molecule has 0 atom stereocenters. The number of ether oxygens (including phenoxy) is 2. The van der Waals surface area contributed by atoms with Crippen LogP contribution >= 0.6 is 11.6 Å². The van der Waals surface area contributed by atoms with Gasteiger partial charge < -0.3 is 24.2 Å². The van der Waals surface area contributed by atoms with E-state index in [-0.39, 0.29) is 18.4 Å². The predicted molar refractivity (Wildman–Crippen MR) is 146 cm³/mol. The summed E-state index contributed by atoms with van der Waals surface area (Å²) in [5, 5.41) is 1.45. The summed E-state index contributed by atoms with van der Waals surface area (Å²) in [6, 6.07) is 14.7. The molecule has 0 aliphatic carbocycles. The molecule has 2 aromatic carbocycles. The van der Waals surface area contributed by atoms with E-state index in [0.717, 1.165) is 29.6 Å². The number of aromatic nitrogens is 1. The number of fused-ring (bicyclic) bond motifs is 1. The lowest BCUT2D eigenvalue weighted by Crippen LogP contribution is -2.49. The van der Waals surface area contributed by atoms with Gasteiger partial charge in [0, 0.05) is 48.7 Å². The summed E-state index contributed by atoms with van der Waals surface area (Å²) in [6.07, 6.45) is 0.796. The zero-order chi connectivity index (χ0) is 26.4. The van der Waals surface area contributed by atoms with Crippen molar-refractivity contribution >= 4 is 40.1 Å². The van der Waals surface area contributed by atoms with E-state index in [0.29, 0.717) is 48.9 Å². The van der Waals surface area contributed by atoms with Crippen LogP contribution < -0.4 is 9.64 Å². The third-order valence-corrected chi connectivity index (χ3v) is 6.53. The molecule has 196 valence electrons. The summed E-state index contributed by atoms with van der Waals surface area (Å²) in [7, 11) is 4.02. The highest BCUT2D eigenvalue weighted by atomic mass is 35.5. The van der Waals surface area contributed by atoms with Crippen molar-refractivity contribution in [3.8, 4) is 5.88 Å². The molecule has 4 rings (SSSR count). The molecule has 1 aliphatic heterocycles. The Kier molecular flexibility index (Phi) is 8.84. The molecule has 3 aromatic rings. The topological polar surface area (TPSA) is 75.2 Å². The number of anilines is 1. The smallest absolute Gasteiger partial charge is 0.345 e. The molecule has 1 saturated heterocycles. The average molecular weight is 525 g/mol. The van der Waals surface area contributed by atoms with E-state index < -0.39 is 5.97 Å². The Labute approximate surface area is 222 Å². The summed E-state index contributed by atoms with van der Waals surface area (Å²) in [6.45, 7) is 5.45. The standard InChI is InChI=1S/C28H33ClN4O4/c1-4-36-28(35)24-25(22-8-5-6-9-23(22)30-26(24)37-19-7-14-31(2)3)32-15-17-33(18-16-32)27(34)20-10-12-21(29)13-11-20/h5-6,8-13H,4,7,14-19H2,1-3H3. The number of carbonyl (C=O) groups is 2. The maximum atomic E-state index is 13.2. The van der Waals surface area contributed by atoms with E-state index in [9.17, 15) is 9.59 Å². The molecule has 37 heavy (non-hydrogen) atoms. The van der Waals surface area contributed by atoms with Gasteiger partial charge in [-0.1, -0.05) is 29.8 Å². The van der Waals surface area contributed by atoms with Crippen LogP contribution in [0.4, 0.5) is 5.69 Å². The Morgan fingerprint density at radius 3 is 2.41 bits per heavy atom. The number of pyridine rings is 1. The summed E-state index contributed by atoms with van der Waals surface area (Å²) in [4.78, 5) is 37.0. The van der Waals surface area contributed by atoms with Crippen molar-refractivity contribution in [1.29, 1.82) is 0 Å². The van der Waals surface area contributed by atoms with Crippen molar-refractivity contribution in [2.75, 3.05) is 64.9 Å². The predicted octanol–water partition coefficient (Wildman–Crippen LogP) is 4.36. The van der Waals surface area contributed by atoms with E-state index in [4.69, 9.17) is 26.1 Å². The molecule has 0 radical (unpaired) electrons. The average Bonchev–Trinajstić information content (AvgIpc) is 2.90. The third-order valence-electron chi connectivity index (χ3n) is 6.27. The van der Waals surface area contributed by atoms with E-state index >= 15 is 0 Å². The van der Waals surface area contributed by atoms with Crippen LogP contribution in [-0.4, -0.2) is 86.7 Å². The van der Waals surface area contributed by atoms with Gasteiger partial charge in [0.2, 0.25) is 5.88 Å². The summed E-state index contributed by atoms with van der Waals surface area (Å²) >= 11 is 5.98. The highest BCUT2D eigenvalue weighted by molar-refractivity contribution is 6.30. The number of rotatable bonds is 9. The molecular formula is C28H33ClN4O4. The van der Waals surface area contributed by atoms with Gasteiger partial charge in [0.05, 0.1) is 24.4 Å². The summed E-state index contributed by atoms with van der Waals surface area (Å²) in [5.74, 6) is -0.213. The molecule has 0 spiro atoms. The van der Waals surface area contributed by atoms with Gasteiger partial charge in [-0.05, 0) is 57.8 Å². The fourth-order valence-corrected chi connectivity index (χ4v) is 4.58. The van der Waals surface area contributed by atoms with Crippen LogP contribution in [-0.2, 0) is 4.74 Å². The Morgan fingerprint density at radius 2 is 1.73 bits per heavy atom. The normalized spacial score (nSPS) is 13.8. The first-order chi connectivity index (χ1) is 17.9. The molecule has 0 saturated carbocycles. The van der Waals surface area contributed by atoms with Crippen LogP contribution in [0.3, 0.4) is 0 Å². The largest absolute Gasteiger partial charge is 0.477 e. The molecule has 0 unspecified atom stereocenters. The number of amides is 1. The number of nitrogens with zero attached hydrogens (tertiary/aromatic N) is 4. The first-order valence-corrected chi connectivity index (χ1v) is 12.9. The van der Waals surface area contributed by atoms with Crippen LogP contribution in [0.15, 0.2) is 48.5 Å². The maximum absolute atomic E-state index is 13.2. The van der Waals surface area contributed by atoms with Crippen molar-refractivity contribution in [2.45, 2.75) is 13.3 Å². The molecular weight excluding hydrogens is 492 g/mol. The molecule has 0 N–H and O–H groups in total. The highest BCUT2D eigenvalue weighted by Crippen LogP contribution is 2.37. The van der Waals surface area contributed by atoms with Crippen LogP contribution in [0.2, 0.25) is 5.02 Å². The number of halogens is 1. The Bertz CT molecular complexity index is 1240. The Morgan fingerprint density at radius 1 is 1.03 bits per heavy atom. The number of hydrogen-bond acceptors (Lipinski definition) is 7. The van der Waals surface area contributed by atoms with Crippen LogP contribution in [0, 0.1) is 0 Å². The number of esters is 1. The van der Waals surface area contributed by atoms with Gasteiger partial charge in [-0.2, -0.15) is 0 Å². The SMILES string of the molecule is CCOC(=O)c1c(OCCCN(C)C)nc2ccccc2c1N1CCN(C(=O)c2ccc(Cl)cc2)CC1. The second-order valence-corrected chi connectivity index (χ2v) is 9.61. The Balaban J connectivity index is 1.64. The summed E-state index contributed by atoms with van der Waals surface area (Å²) in [5.41, 5.74) is 2.42. The van der Waals surface area contributed by atoms with E-state index in [1.54, 1.807) is 31.2 Å². The molecule has 0 bridgehead atoms. The fourth-order valence-electron chi connectivity index (χ4n) is 4.45. The van der Waals surface area contributed by atoms with E-state index in [2.05, 4.69) is 9.80 Å². The van der Waals surface area contributed by atoms with Gasteiger partial charge in [-0.15, -0.1) is 0 Å². The molecule has 1 amide bonds. The quantitative estimate of drug-likeness (QED) is 0.304. The lowest BCUT2D eigenvalue weighted by Gasteiger charge is -2.37. The van der Waals surface area contributed by atoms with Crippen LogP contribution in [0.5, 0.6) is 5.88 Å². The zero-order valence-corrected chi connectivity index (χ0v) is 22.3. The highest BCUT2D eigenvalue weighted by Gasteiger charge is 2.30. The van der Waals surface area contributed by atoms with Gasteiger partial charge in [-0.25, -0.2) is 9.78 Å². The molecule has 1 aliphatic rings. The number of hydrogen-bond donors (Lipinski definition) is 0. The van der Waals surface area contributed by atoms with Crippen molar-refractivity contribution < 1.29 is 19.1 Å². The number of carbonyl (C=O) groups excluding carboxylic acids is 2. The second kappa shape index (κ2) is 12.3. The van der Waals surface area contributed by atoms with Crippen LogP contribution in [0.1, 0.15) is 34.1 Å². The maximum Gasteiger partial charge on any atom is 0.345 e. The lowest BCUT2D eigenvalue weighted by atomic mass is 10.1. The van der Waals surface area contributed by atoms with Gasteiger partial charge in [0.1, 0.15) is 5.56 Å². The minimum Gasteiger partial charge on any atom is -0.477 e. The number of piperazine rings is 1. The molecule has 8 nitrogen and oxygen atoms in total.